The summed E-state index contributed by atoms with van der Waals surface area (Å²) in [6.45, 7) is 4.20. The van der Waals surface area contributed by atoms with Crippen molar-refractivity contribution in [1.29, 1.82) is 0 Å². The zero-order valence-corrected chi connectivity index (χ0v) is 29.2. The first-order valence-electron chi connectivity index (χ1n) is 14.7. The van der Waals surface area contributed by atoms with Crippen LogP contribution in [0, 0.1) is 10.1 Å². The Morgan fingerprint density at radius 2 is 1.30 bits per heavy atom. The summed E-state index contributed by atoms with van der Waals surface area (Å²) in [6, 6.07) is 4.00. The van der Waals surface area contributed by atoms with Gasteiger partial charge in [0, 0.05) is 67.7 Å². The summed E-state index contributed by atoms with van der Waals surface area (Å²) in [5.74, 6) is -4.93. The number of nitro benzene ring substituents is 1. The number of ether oxygens (including phenoxy) is 9. The van der Waals surface area contributed by atoms with Crippen molar-refractivity contribution in [2.24, 2.45) is 0 Å². The van der Waals surface area contributed by atoms with Gasteiger partial charge in [-0.2, -0.15) is 0 Å². The Balaban J connectivity index is 2.67. The Hall–Kier alpha value is -4.12. The molecule has 2 rings (SSSR count). The van der Waals surface area contributed by atoms with Crippen molar-refractivity contribution < 1.29 is 79.9 Å². The molecule has 1 fully saturated rings. The standard InChI is InChI=1S/C29H40N2O18S/c1-14(32)22(44-15(2)33)25(45-16(3)34)27(46-17(4)35)29(47-18(5)36)49-23-21(48-28(43-8)26(42-7)24(23)41-6)13-30-50(39,40)20-11-9-19(10-12-20)31(37)38/h9-12,21-30H,13H2,1-8H3/t21-,22+,23+,24+,25-,26-,27-,28+,29?/m1/s1. The molecule has 0 bridgehead atoms. The van der Waals surface area contributed by atoms with Crippen molar-refractivity contribution in [3.63, 3.8) is 0 Å². The van der Waals surface area contributed by atoms with Gasteiger partial charge >= 0.3 is 23.9 Å². The zero-order valence-electron chi connectivity index (χ0n) is 28.4. The summed E-state index contributed by atoms with van der Waals surface area (Å²) in [4.78, 5) is 71.5. The number of methoxy groups -OCH3 is 3. The van der Waals surface area contributed by atoms with Gasteiger partial charge < -0.3 is 42.6 Å². The number of esters is 4. The van der Waals surface area contributed by atoms with E-state index >= 15 is 0 Å². The lowest BCUT2D eigenvalue weighted by Gasteiger charge is -2.46. The first-order chi connectivity index (χ1) is 23.4. The number of nitro groups is 1. The van der Waals surface area contributed by atoms with E-state index in [1.807, 2.05) is 0 Å². The summed E-state index contributed by atoms with van der Waals surface area (Å²) >= 11 is 0. The van der Waals surface area contributed by atoms with E-state index in [0.717, 1.165) is 58.9 Å². The van der Waals surface area contributed by atoms with Crippen LogP contribution in [0.25, 0.3) is 0 Å². The van der Waals surface area contributed by atoms with Gasteiger partial charge in [-0.15, -0.1) is 0 Å². The van der Waals surface area contributed by atoms with Gasteiger partial charge in [0.25, 0.3) is 5.69 Å². The van der Waals surface area contributed by atoms with E-state index in [1.165, 1.54) is 21.3 Å². The number of non-ortho nitro benzene ring substituents is 1. The van der Waals surface area contributed by atoms with Crippen molar-refractivity contribution in [3.8, 4) is 0 Å². The number of rotatable bonds is 18. The highest BCUT2D eigenvalue weighted by atomic mass is 32.2. The molecule has 21 heteroatoms. The predicted octanol–water partition coefficient (Wildman–Crippen LogP) is -0.0671. The quantitative estimate of drug-likeness (QED) is 0.0680. The molecule has 50 heavy (non-hydrogen) atoms. The maximum Gasteiger partial charge on any atom is 0.305 e. The van der Waals surface area contributed by atoms with Crippen molar-refractivity contribution in [1.82, 2.24) is 4.72 Å². The lowest BCUT2D eigenvalue weighted by Crippen LogP contribution is -2.64. The fourth-order valence-electron chi connectivity index (χ4n) is 4.95. The average Bonchev–Trinajstić information content (AvgIpc) is 3.03. The Morgan fingerprint density at radius 1 is 0.780 bits per heavy atom. The number of hydrogen-bond donors (Lipinski definition) is 1. The number of sulfonamides is 1. The highest BCUT2D eigenvalue weighted by Gasteiger charge is 2.52. The fourth-order valence-corrected chi connectivity index (χ4v) is 5.99. The molecule has 0 spiro atoms. The number of nitrogens with one attached hydrogen (secondary N) is 1. The maximum absolute atomic E-state index is 13.2. The number of carbonyl (C=O) groups is 5. The Labute approximate surface area is 287 Å². The lowest BCUT2D eigenvalue weighted by molar-refractivity contribution is -0.384. The van der Waals surface area contributed by atoms with Crippen LogP contribution in [-0.2, 0) is 76.6 Å². The van der Waals surface area contributed by atoms with Crippen LogP contribution in [0.3, 0.4) is 0 Å². The van der Waals surface area contributed by atoms with Crippen LogP contribution >= 0.6 is 0 Å². The molecule has 0 aliphatic carbocycles. The Morgan fingerprint density at radius 3 is 1.74 bits per heavy atom. The van der Waals surface area contributed by atoms with Gasteiger partial charge in [0.15, 0.2) is 24.3 Å². The monoisotopic (exact) mass is 736 g/mol. The molecule has 0 aromatic heterocycles. The highest BCUT2D eigenvalue weighted by molar-refractivity contribution is 7.89. The second-order valence-electron chi connectivity index (χ2n) is 10.6. The maximum atomic E-state index is 13.2. The normalized spacial score (nSPS) is 23.0. The molecule has 1 aliphatic heterocycles. The number of ketones is 1. The third-order valence-electron chi connectivity index (χ3n) is 6.96. The molecule has 0 saturated carbocycles. The third kappa shape index (κ3) is 11.5. The molecular weight excluding hydrogens is 696 g/mol. The highest BCUT2D eigenvalue weighted by Crippen LogP contribution is 2.31. The van der Waals surface area contributed by atoms with Gasteiger partial charge in [0.05, 0.1) is 9.82 Å². The first-order valence-corrected chi connectivity index (χ1v) is 16.2. The topological polar surface area (TPSA) is 258 Å². The van der Waals surface area contributed by atoms with Crippen LogP contribution in [0.15, 0.2) is 29.2 Å². The molecule has 0 radical (unpaired) electrons. The molecule has 1 aromatic carbocycles. The molecule has 1 N–H and O–H groups in total. The molecule has 1 heterocycles. The number of Topliss-reactive ketones (excluding diaryl/α,β-unsaturated/α-hetero) is 1. The van der Waals surface area contributed by atoms with Crippen LogP contribution < -0.4 is 4.72 Å². The Bertz CT molecular complexity index is 1490. The van der Waals surface area contributed by atoms with Crippen molar-refractivity contribution in [3.05, 3.63) is 34.4 Å². The minimum atomic E-state index is -4.35. The van der Waals surface area contributed by atoms with E-state index < -0.39 is 106 Å². The van der Waals surface area contributed by atoms with Crippen molar-refractivity contribution in [2.45, 2.75) is 94.8 Å². The number of carbonyl (C=O) groups excluding carboxylic acids is 5. The molecule has 280 valence electrons. The van der Waals surface area contributed by atoms with E-state index in [2.05, 4.69) is 4.72 Å². The van der Waals surface area contributed by atoms with E-state index in [9.17, 15) is 42.5 Å². The summed E-state index contributed by atoms with van der Waals surface area (Å²) in [7, 11) is -0.571. The first kappa shape index (κ1) is 42.0. The molecule has 0 amide bonds. The van der Waals surface area contributed by atoms with Gasteiger partial charge in [0.2, 0.25) is 22.4 Å². The smallest absolute Gasteiger partial charge is 0.305 e. The van der Waals surface area contributed by atoms with E-state index in [4.69, 9.17) is 42.6 Å². The van der Waals surface area contributed by atoms with Crippen LogP contribution in [-0.4, -0.2) is 126 Å². The summed E-state index contributed by atoms with van der Waals surface area (Å²) in [5, 5.41) is 11.0. The number of nitrogens with zero attached hydrogens (tertiary/aromatic N) is 1. The summed E-state index contributed by atoms with van der Waals surface area (Å²) in [5.41, 5.74) is -0.351. The molecule has 1 saturated heterocycles. The second-order valence-corrected chi connectivity index (χ2v) is 12.4. The second kappa shape index (κ2) is 18.8. The summed E-state index contributed by atoms with van der Waals surface area (Å²) in [6.07, 6.45) is -14.3. The van der Waals surface area contributed by atoms with Gasteiger partial charge in [0.1, 0.15) is 24.4 Å². The van der Waals surface area contributed by atoms with Gasteiger partial charge in [-0.1, -0.05) is 0 Å². The minimum Gasteiger partial charge on any atom is -0.454 e. The SMILES string of the molecule is CO[C@H]1O[C@H](CNS(=O)(=O)c2ccc([N+](=O)[O-])cc2)[C@H](OC(OC(C)=O)[C@H](OC(C)=O)[C@H](OC(C)=O)[C@@H](OC(C)=O)C(C)=O)[C@H](OC)[C@H]1OC. The van der Waals surface area contributed by atoms with Crippen LogP contribution in [0.1, 0.15) is 34.6 Å². The molecular formula is C29H40N2O18S. The minimum absolute atomic E-state index is 0.338. The van der Waals surface area contributed by atoms with Gasteiger partial charge in [-0.25, -0.2) is 13.1 Å². The van der Waals surface area contributed by atoms with Gasteiger partial charge in [-0.05, 0) is 19.1 Å². The number of hydrogen-bond acceptors (Lipinski definition) is 18. The predicted molar refractivity (Wildman–Crippen MR) is 163 cm³/mol. The largest absolute Gasteiger partial charge is 0.454 e. The molecule has 1 aromatic rings. The van der Waals surface area contributed by atoms with E-state index in [0.29, 0.717) is 0 Å². The van der Waals surface area contributed by atoms with Crippen LogP contribution in [0.4, 0.5) is 5.69 Å². The fraction of sp³-hybridized carbons (Fsp3) is 0.621. The van der Waals surface area contributed by atoms with E-state index in [-0.39, 0.29) is 10.6 Å². The molecule has 1 aliphatic rings. The van der Waals surface area contributed by atoms with Crippen LogP contribution in [0.5, 0.6) is 0 Å². The van der Waals surface area contributed by atoms with Crippen molar-refractivity contribution in [2.75, 3.05) is 27.9 Å². The van der Waals surface area contributed by atoms with E-state index in [1.54, 1.807) is 0 Å². The Kier molecular flexibility index (Phi) is 15.8. The lowest BCUT2D eigenvalue weighted by atomic mass is 9.97. The summed E-state index contributed by atoms with van der Waals surface area (Å²) < 4.78 is 78.5. The average molecular weight is 737 g/mol. The van der Waals surface area contributed by atoms with Gasteiger partial charge in [-0.3, -0.25) is 34.1 Å². The molecule has 1 unspecified atom stereocenters. The number of benzene rings is 1. The van der Waals surface area contributed by atoms with Crippen molar-refractivity contribution >= 4 is 45.4 Å². The third-order valence-corrected chi connectivity index (χ3v) is 8.40. The van der Waals surface area contributed by atoms with Crippen LogP contribution in [0.2, 0.25) is 0 Å². The zero-order chi connectivity index (χ0) is 37.9. The molecule has 20 nitrogen and oxygen atoms in total. The molecule has 9 atom stereocenters.